The van der Waals surface area contributed by atoms with Gasteiger partial charge in [-0.15, -0.1) is 0 Å². The highest BCUT2D eigenvalue weighted by Crippen LogP contribution is 2.09. The zero-order valence-corrected chi connectivity index (χ0v) is 6.74. The maximum absolute atomic E-state index is 5.13. The van der Waals surface area contributed by atoms with Crippen molar-refractivity contribution in [1.29, 1.82) is 0 Å². The number of hydrogen-bond acceptors (Lipinski definition) is 3. The summed E-state index contributed by atoms with van der Waals surface area (Å²) in [5, 5.41) is 3.01. The van der Waals surface area contributed by atoms with Gasteiger partial charge in [-0.25, -0.2) is 0 Å². The van der Waals surface area contributed by atoms with E-state index in [9.17, 15) is 0 Å². The first kappa shape index (κ1) is 8.17. The Kier molecular flexibility index (Phi) is 3.01. The van der Waals surface area contributed by atoms with Gasteiger partial charge in [0, 0.05) is 25.1 Å². The van der Waals surface area contributed by atoms with E-state index in [2.05, 4.69) is 10.3 Å². The van der Waals surface area contributed by atoms with Crippen molar-refractivity contribution >= 4 is 0 Å². The van der Waals surface area contributed by atoms with Crippen LogP contribution in [0.3, 0.4) is 0 Å². The number of ether oxygens (including phenoxy) is 1. The minimum atomic E-state index is -0.0521. The molecule has 11 heavy (non-hydrogen) atoms. The number of rotatable bonds is 3. The molecule has 0 radical (unpaired) electrons. The second-order valence-electron chi connectivity index (χ2n) is 2.19. The molecule has 0 aliphatic heterocycles. The molecule has 0 aliphatic rings. The molecule has 0 aliphatic carbocycles. The maximum Gasteiger partial charge on any atom is 0.135 e. The summed E-state index contributed by atoms with van der Waals surface area (Å²) in [6.07, 6.45) is 3.47. The number of nitrogens with zero attached hydrogens (tertiary/aromatic N) is 1. The topological polar surface area (TPSA) is 34.1 Å². The van der Waals surface area contributed by atoms with Crippen molar-refractivity contribution in [1.82, 2.24) is 10.3 Å². The summed E-state index contributed by atoms with van der Waals surface area (Å²) in [6.45, 7) is 0. The normalized spacial score (nSPS) is 12.9. The van der Waals surface area contributed by atoms with E-state index in [0.29, 0.717) is 0 Å². The Morgan fingerprint density at radius 2 is 2.45 bits per heavy atom. The third kappa shape index (κ3) is 2.00. The van der Waals surface area contributed by atoms with E-state index in [4.69, 9.17) is 4.74 Å². The molecular formula is C8H12N2O. The summed E-state index contributed by atoms with van der Waals surface area (Å²) in [7, 11) is 3.51. The standard InChI is InChI=1S/C8H12N2O/c1-9-8(11-2)7-4-3-5-10-6-7/h3-6,8-9H,1-2H3. The van der Waals surface area contributed by atoms with Crippen molar-refractivity contribution in [2.45, 2.75) is 6.23 Å². The molecule has 1 N–H and O–H groups in total. The Morgan fingerprint density at radius 1 is 1.64 bits per heavy atom. The van der Waals surface area contributed by atoms with Crippen LogP contribution in [-0.2, 0) is 4.74 Å². The lowest BCUT2D eigenvalue weighted by molar-refractivity contribution is 0.0806. The summed E-state index contributed by atoms with van der Waals surface area (Å²) >= 11 is 0. The summed E-state index contributed by atoms with van der Waals surface area (Å²) in [5.74, 6) is 0. The molecule has 0 spiro atoms. The third-order valence-corrected chi connectivity index (χ3v) is 1.49. The summed E-state index contributed by atoms with van der Waals surface area (Å²) < 4.78 is 5.13. The van der Waals surface area contributed by atoms with Crippen LogP contribution in [0.4, 0.5) is 0 Å². The van der Waals surface area contributed by atoms with E-state index in [1.54, 1.807) is 19.5 Å². The zero-order chi connectivity index (χ0) is 8.10. The third-order valence-electron chi connectivity index (χ3n) is 1.49. The monoisotopic (exact) mass is 152 g/mol. The SMILES string of the molecule is CNC(OC)c1cccnc1. The molecule has 1 rings (SSSR count). The first-order valence-electron chi connectivity index (χ1n) is 3.48. The molecular weight excluding hydrogens is 140 g/mol. The fourth-order valence-electron chi connectivity index (χ4n) is 0.952. The van der Waals surface area contributed by atoms with Gasteiger partial charge in [0.15, 0.2) is 0 Å². The fourth-order valence-corrected chi connectivity index (χ4v) is 0.952. The first-order valence-corrected chi connectivity index (χ1v) is 3.48. The Balaban J connectivity index is 2.74. The molecule has 0 amide bonds. The van der Waals surface area contributed by atoms with Gasteiger partial charge in [0.2, 0.25) is 0 Å². The van der Waals surface area contributed by atoms with Crippen LogP contribution in [0.15, 0.2) is 24.5 Å². The van der Waals surface area contributed by atoms with Crippen molar-refractivity contribution in [3.8, 4) is 0 Å². The highest BCUT2D eigenvalue weighted by Gasteiger charge is 2.04. The molecule has 1 heterocycles. The molecule has 0 aromatic carbocycles. The predicted octanol–water partition coefficient (Wildman–Crippen LogP) is 0.946. The highest BCUT2D eigenvalue weighted by atomic mass is 16.5. The van der Waals surface area contributed by atoms with Gasteiger partial charge in [0.05, 0.1) is 0 Å². The minimum Gasteiger partial charge on any atom is -0.362 e. The average molecular weight is 152 g/mol. The van der Waals surface area contributed by atoms with Gasteiger partial charge < -0.3 is 4.74 Å². The minimum absolute atomic E-state index is 0.0521. The Morgan fingerprint density at radius 3 is 2.91 bits per heavy atom. The molecule has 60 valence electrons. The Bertz CT molecular complexity index is 197. The van der Waals surface area contributed by atoms with Gasteiger partial charge in [-0.05, 0) is 13.1 Å². The van der Waals surface area contributed by atoms with Crippen LogP contribution in [0, 0.1) is 0 Å². The van der Waals surface area contributed by atoms with Crippen LogP contribution in [0.5, 0.6) is 0 Å². The van der Waals surface area contributed by atoms with Gasteiger partial charge in [-0.3, -0.25) is 10.3 Å². The Hall–Kier alpha value is -0.930. The van der Waals surface area contributed by atoms with Crippen molar-refractivity contribution in [3.63, 3.8) is 0 Å². The van der Waals surface area contributed by atoms with Crippen LogP contribution < -0.4 is 5.32 Å². The molecule has 0 bridgehead atoms. The van der Waals surface area contributed by atoms with E-state index in [1.807, 2.05) is 19.2 Å². The van der Waals surface area contributed by atoms with Gasteiger partial charge >= 0.3 is 0 Å². The fraction of sp³-hybridized carbons (Fsp3) is 0.375. The molecule has 3 heteroatoms. The smallest absolute Gasteiger partial charge is 0.135 e. The summed E-state index contributed by atoms with van der Waals surface area (Å²) in [4.78, 5) is 3.98. The lowest BCUT2D eigenvalue weighted by atomic mass is 10.2. The van der Waals surface area contributed by atoms with E-state index < -0.39 is 0 Å². The number of aromatic nitrogens is 1. The number of methoxy groups -OCH3 is 1. The molecule has 1 aromatic rings. The Labute approximate surface area is 66.4 Å². The second-order valence-corrected chi connectivity index (χ2v) is 2.19. The van der Waals surface area contributed by atoms with Crippen LogP contribution in [0.25, 0.3) is 0 Å². The lowest BCUT2D eigenvalue weighted by Gasteiger charge is -2.13. The maximum atomic E-state index is 5.13. The van der Waals surface area contributed by atoms with E-state index in [-0.39, 0.29) is 6.23 Å². The number of nitrogens with one attached hydrogen (secondary N) is 1. The molecule has 3 nitrogen and oxygen atoms in total. The summed E-state index contributed by atoms with van der Waals surface area (Å²) in [5.41, 5.74) is 1.04. The van der Waals surface area contributed by atoms with Gasteiger partial charge in [-0.1, -0.05) is 6.07 Å². The van der Waals surface area contributed by atoms with Crippen molar-refractivity contribution in [2.24, 2.45) is 0 Å². The number of pyridine rings is 1. The summed E-state index contributed by atoms with van der Waals surface area (Å²) in [6, 6.07) is 3.86. The number of hydrogen-bond donors (Lipinski definition) is 1. The first-order chi connectivity index (χ1) is 5.38. The van der Waals surface area contributed by atoms with Crippen LogP contribution in [-0.4, -0.2) is 19.1 Å². The second kappa shape index (κ2) is 4.05. The van der Waals surface area contributed by atoms with Crippen LogP contribution >= 0.6 is 0 Å². The molecule has 0 saturated carbocycles. The lowest BCUT2D eigenvalue weighted by Crippen LogP contribution is -2.17. The molecule has 0 fully saturated rings. The molecule has 1 unspecified atom stereocenters. The van der Waals surface area contributed by atoms with Crippen LogP contribution in [0.1, 0.15) is 11.8 Å². The van der Waals surface area contributed by atoms with E-state index >= 15 is 0 Å². The van der Waals surface area contributed by atoms with Crippen LogP contribution in [0.2, 0.25) is 0 Å². The highest BCUT2D eigenvalue weighted by molar-refractivity contribution is 5.10. The van der Waals surface area contributed by atoms with E-state index in [1.165, 1.54) is 0 Å². The van der Waals surface area contributed by atoms with Gasteiger partial charge in [-0.2, -0.15) is 0 Å². The molecule has 0 saturated heterocycles. The van der Waals surface area contributed by atoms with Gasteiger partial charge in [0.25, 0.3) is 0 Å². The van der Waals surface area contributed by atoms with Gasteiger partial charge in [0.1, 0.15) is 6.23 Å². The predicted molar refractivity (Wildman–Crippen MR) is 43.0 cm³/mol. The average Bonchev–Trinajstić information content (AvgIpc) is 2.09. The molecule has 1 aromatic heterocycles. The van der Waals surface area contributed by atoms with Crippen molar-refractivity contribution in [3.05, 3.63) is 30.1 Å². The van der Waals surface area contributed by atoms with E-state index in [0.717, 1.165) is 5.56 Å². The largest absolute Gasteiger partial charge is 0.362 e. The zero-order valence-electron chi connectivity index (χ0n) is 6.74. The van der Waals surface area contributed by atoms with Crippen molar-refractivity contribution < 1.29 is 4.74 Å². The quantitative estimate of drug-likeness (QED) is 0.655. The molecule has 1 atom stereocenters. The van der Waals surface area contributed by atoms with Crippen molar-refractivity contribution in [2.75, 3.05) is 14.2 Å².